The summed E-state index contributed by atoms with van der Waals surface area (Å²) in [6.07, 6.45) is 69.8. The van der Waals surface area contributed by atoms with Crippen LogP contribution in [0.5, 0.6) is 0 Å². The van der Waals surface area contributed by atoms with Crippen LogP contribution in [0.3, 0.4) is 0 Å². The maximum Gasteiger partial charge on any atom is 0.133 e. The minimum Gasteiger partial charge on any atom is -0.369 e. The second kappa shape index (κ2) is 31.7. The molecule has 3 heteroatoms. The molecule has 4 fully saturated rings. The second-order valence-electron chi connectivity index (χ2n) is 16.3. The summed E-state index contributed by atoms with van der Waals surface area (Å²) < 4.78 is 5.71. The standard InChI is InChI=1S/C27H40O.C26H38O2/c1-2-3-4-5-6-7-8-11-14-17-25-23-26(25)18-15-12-9-10-13-16-19-27(28)22-24-20-21-24;1-2-3-4-5-6-7-8-12-15-18-25-26(28-25)19-16-13-10-9-11-14-17-24(27)22-23-20-21-23/h3-4,6-7,10-15,24-26H,2,5,8-9,16-23H2,1H3;3-4,6-7,9,11-13,15-16,23,25-26H,2,5,8,10,14,17-22H2,1H3/b4-3-,7-6-,13-10-,14-11-,15-12-;4-3-,7-6-,11-9-,15-12-,16-13-. The predicted octanol–water partition coefficient (Wildman–Crippen LogP) is 15.0. The Labute approximate surface area is 343 Å². The van der Waals surface area contributed by atoms with Crippen molar-refractivity contribution in [1.29, 1.82) is 0 Å². The van der Waals surface area contributed by atoms with Gasteiger partial charge in [0.15, 0.2) is 0 Å². The molecule has 56 heavy (non-hydrogen) atoms. The highest BCUT2D eigenvalue weighted by Gasteiger charge is 2.36. The molecule has 3 aliphatic carbocycles. The molecular formula is C53H78O3. The number of carbonyl (C=O) groups excluding carboxylic acids is 2. The van der Waals surface area contributed by atoms with E-state index in [4.69, 9.17) is 4.74 Å². The molecule has 0 bridgehead atoms. The summed E-state index contributed by atoms with van der Waals surface area (Å²) >= 11 is 0. The second-order valence-corrected chi connectivity index (χ2v) is 16.3. The molecule has 0 aromatic heterocycles. The Balaban J connectivity index is 0.000000300. The number of epoxide rings is 1. The first-order valence-corrected chi connectivity index (χ1v) is 22.8. The molecule has 0 radical (unpaired) electrons. The highest BCUT2D eigenvalue weighted by molar-refractivity contribution is 5.79. The molecule has 1 aliphatic heterocycles. The average Bonchev–Trinajstić information content (AvgIpc) is 3.97. The van der Waals surface area contributed by atoms with Gasteiger partial charge in [-0.25, -0.2) is 0 Å². The van der Waals surface area contributed by atoms with Crippen LogP contribution in [-0.4, -0.2) is 23.8 Å². The van der Waals surface area contributed by atoms with E-state index in [2.05, 4.69) is 135 Å². The summed E-state index contributed by atoms with van der Waals surface area (Å²) in [5, 5.41) is 0. The number of ether oxygens (including phenoxy) is 1. The van der Waals surface area contributed by atoms with Crippen LogP contribution in [0, 0.1) is 23.7 Å². The molecule has 0 N–H and O–H groups in total. The summed E-state index contributed by atoms with van der Waals surface area (Å²) in [7, 11) is 0. The van der Waals surface area contributed by atoms with Gasteiger partial charge in [0.05, 0.1) is 12.2 Å². The van der Waals surface area contributed by atoms with Gasteiger partial charge in [0, 0.05) is 25.7 Å². The largest absolute Gasteiger partial charge is 0.369 e. The Morgan fingerprint density at radius 2 is 0.750 bits per heavy atom. The third kappa shape index (κ3) is 28.1. The van der Waals surface area contributed by atoms with Crippen LogP contribution >= 0.6 is 0 Å². The Bertz CT molecular complexity index is 1250. The van der Waals surface area contributed by atoms with E-state index in [0.717, 1.165) is 120 Å². The van der Waals surface area contributed by atoms with E-state index < -0.39 is 0 Å². The van der Waals surface area contributed by atoms with Crippen LogP contribution in [0.1, 0.15) is 162 Å². The number of Topliss-reactive ketones (excluding diaryl/α,β-unsaturated/α-hetero) is 2. The van der Waals surface area contributed by atoms with E-state index in [1.54, 1.807) is 0 Å². The van der Waals surface area contributed by atoms with Crippen LogP contribution in [0.25, 0.3) is 0 Å². The smallest absolute Gasteiger partial charge is 0.133 e. The summed E-state index contributed by atoms with van der Waals surface area (Å²) in [5.74, 6) is 4.16. The van der Waals surface area contributed by atoms with Gasteiger partial charge < -0.3 is 4.74 Å². The summed E-state index contributed by atoms with van der Waals surface area (Å²) in [6.45, 7) is 4.33. The Kier molecular flexibility index (Phi) is 26.7. The Morgan fingerprint density at radius 3 is 1.11 bits per heavy atom. The molecule has 3 saturated carbocycles. The van der Waals surface area contributed by atoms with Crippen molar-refractivity contribution in [1.82, 2.24) is 0 Å². The molecule has 0 aromatic rings. The zero-order chi connectivity index (χ0) is 39.7. The van der Waals surface area contributed by atoms with E-state index in [1.165, 1.54) is 44.9 Å². The van der Waals surface area contributed by atoms with Crippen molar-refractivity contribution in [2.24, 2.45) is 23.7 Å². The number of hydrogen-bond acceptors (Lipinski definition) is 3. The monoisotopic (exact) mass is 763 g/mol. The summed E-state index contributed by atoms with van der Waals surface area (Å²) in [6, 6.07) is 0. The van der Waals surface area contributed by atoms with Crippen LogP contribution in [0.4, 0.5) is 0 Å². The maximum absolute atomic E-state index is 11.7. The highest BCUT2D eigenvalue weighted by Crippen LogP contribution is 2.44. The highest BCUT2D eigenvalue weighted by atomic mass is 16.6. The molecule has 4 atom stereocenters. The zero-order valence-corrected chi connectivity index (χ0v) is 35.5. The fourth-order valence-electron chi connectivity index (χ4n) is 6.66. The van der Waals surface area contributed by atoms with Gasteiger partial charge in [-0.1, -0.05) is 135 Å². The third-order valence-corrected chi connectivity index (χ3v) is 10.7. The van der Waals surface area contributed by atoms with Gasteiger partial charge in [-0.3, -0.25) is 9.59 Å². The first kappa shape index (κ1) is 47.1. The molecule has 1 saturated heterocycles. The number of carbonyl (C=O) groups is 2. The quantitative estimate of drug-likeness (QED) is 0.0506. The first-order valence-electron chi connectivity index (χ1n) is 22.8. The normalized spacial score (nSPS) is 22.6. The summed E-state index contributed by atoms with van der Waals surface area (Å²) in [5.41, 5.74) is 0. The molecule has 3 nitrogen and oxygen atoms in total. The SMILES string of the molecule is CC/C=C\C/C=C\C/C=C\CC1CC1C/C=C\C/C=C\CCC(=O)CC1CC1.CC/C=C\C/C=C\C/C=C\CC1OC1C/C=C\C/C=C\CCC(=O)CC1CC1. The molecule has 4 unspecified atom stereocenters. The van der Waals surface area contributed by atoms with Crippen molar-refractivity contribution in [2.75, 3.05) is 0 Å². The van der Waals surface area contributed by atoms with Crippen molar-refractivity contribution in [3.05, 3.63) is 122 Å². The van der Waals surface area contributed by atoms with Gasteiger partial charge in [0.25, 0.3) is 0 Å². The lowest BCUT2D eigenvalue weighted by Crippen LogP contribution is -1.97. The van der Waals surface area contributed by atoms with E-state index >= 15 is 0 Å². The van der Waals surface area contributed by atoms with Gasteiger partial charge in [-0.05, 0) is 146 Å². The minimum absolute atomic E-state index is 0.402. The Morgan fingerprint density at radius 1 is 0.429 bits per heavy atom. The van der Waals surface area contributed by atoms with Crippen molar-refractivity contribution in [3.63, 3.8) is 0 Å². The van der Waals surface area contributed by atoms with Gasteiger partial charge in [-0.15, -0.1) is 0 Å². The molecular weight excluding hydrogens is 685 g/mol. The lowest BCUT2D eigenvalue weighted by atomic mass is 10.1. The first-order chi connectivity index (χ1) is 27.6. The van der Waals surface area contributed by atoms with Crippen molar-refractivity contribution >= 4 is 11.6 Å². The van der Waals surface area contributed by atoms with Gasteiger partial charge in [0.1, 0.15) is 11.6 Å². The van der Waals surface area contributed by atoms with Crippen LogP contribution in [-0.2, 0) is 14.3 Å². The van der Waals surface area contributed by atoms with Gasteiger partial charge in [-0.2, -0.15) is 0 Å². The van der Waals surface area contributed by atoms with Crippen molar-refractivity contribution in [3.8, 4) is 0 Å². The van der Waals surface area contributed by atoms with E-state index in [1.807, 2.05) is 0 Å². The third-order valence-electron chi connectivity index (χ3n) is 10.7. The van der Waals surface area contributed by atoms with E-state index in [-0.39, 0.29) is 0 Å². The lowest BCUT2D eigenvalue weighted by molar-refractivity contribution is -0.120. The lowest BCUT2D eigenvalue weighted by Gasteiger charge is -1.95. The van der Waals surface area contributed by atoms with E-state index in [9.17, 15) is 9.59 Å². The average molecular weight is 763 g/mol. The number of ketones is 2. The Hall–Kier alpha value is -3.30. The van der Waals surface area contributed by atoms with Crippen LogP contribution < -0.4 is 0 Å². The fraction of sp³-hybridized carbons (Fsp3) is 0.585. The van der Waals surface area contributed by atoms with Crippen LogP contribution in [0.15, 0.2) is 122 Å². The van der Waals surface area contributed by atoms with Crippen LogP contribution in [0.2, 0.25) is 0 Å². The molecule has 4 aliphatic rings. The topological polar surface area (TPSA) is 46.7 Å². The molecule has 308 valence electrons. The summed E-state index contributed by atoms with van der Waals surface area (Å²) in [4.78, 5) is 23.3. The molecule has 0 spiro atoms. The maximum atomic E-state index is 11.7. The fourth-order valence-corrected chi connectivity index (χ4v) is 6.66. The molecule has 0 amide bonds. The molecule has 4 rings (SSSR count). The van der Waals surface area contributed by atoms with E-state index in [0.29, 0.717) is 30.2 Å². The molecule has 1 heterocycles. The predicted molar refractivity (Wildman–Crippen MR) is 242 cm³/mol. The molecule has 0 aromatic carbocycles. The number of rotatable bonds is 32. The zero-order valence-electron chi connectivity index (χ0n) is 35.5. The van der Waals surface area contributed by atoms with Crippen molar-refractivity contribution in [2.45, 2.75) is 174 Å². The van der Waals surface area contributed by atoms with Crippen molar-refractivity contribution < 1.29 is 14.3 Å². The van der Waals surface area contributed by atoms with Gasteiger partial charge >= 0.3 is 0 Å². The minimum atomic E-state index is 0.402. The number of hydrogen-bond donors (Lipinski definition) is 0. The van der Waals surface area contributed by atoms with Gasteiger partial charge in [0.2, 0.25) is 0 Å². The number of allylic oxidation sites excluding steroid dienone is 18.